The van der Waals surface area contributed by atoms with E-state index in [-0.39, 0.29) is 5.69 Å². The van der Waals surface area contributed by atoms with Crippen molar-refractivity contribution in [3.8, 4) is 0 Å². The topological polar surface area (TPSA) is 98.8 Å². The zero-order valence-electron chi connectivity index (χ0n) is 10.5. The van der Waals surface area contributed by atoms with E-state index in [0.717, 1.165) is 13.0 Å². The lowest BCUT2D eigenvalue weighted by Crippen LogP contribution is -2.08. The number of pyridine rings is 1. The molecule has 2 heterocycles. The molecule has 1 N–H and O–H groups in total. The van der Waals surface area contributed by atoms with Crippen molar-refractivity contribution in [3.05, 3.63) is 40.3 Å². The van der Waals surface area contributed by atoms with Crippen LogP contribution in [0.2, 0.25) is 0 Å². The van der Waals surface area contributed by atoms with Crippen LogP contribution in [-0.4, -0.2) is 31.4 Å². The van der Waals surface area contributed by atoms with Gasteiger partial charge in [0.25, 0.3) is 5.69 Å². The number of nitrogens with one attached hydrogen (secondary N) is 1. The van der Waals surface area contributed by atoms with Crippen LogP contribution >= 0.6 is 0 Å². The van der Waals surface area contributed by atoms with Crippen LogP contribution in [0.15, 0.2) is 24.5 Å². The van der Waals surface area contributed by atoms with E-state index < -0.39 is 4.92 Å². The van der Waals surface area contributed by atoms with Gasteiger partial charge in [-0.1, -0.05) is 5.21 Å². The van der Waals surface area contributed by atoms with Crippen LogP contribution in [0.4, 0.5) is 11.5 Å². The normalized spacial score (nSPS) is 10.4. The van der Waals surface area contributed by atoms with E-state index >= 15 is 0 Å². The molecule has 2 rings (SSSR count). The molecule has 0 aliphatic rings. The number of nitro groups is 1. The van der Waals surface area contributed by atoms with Gasteiger partial charge >= 0.3 is 0 Å². The summed E-state index contributed by atoms with van der Waals surface area (Å²) in [6.07, 6.45) is 4.30. The SMILES string of the molecule is Cc1nc(NCCCn2ccnn2)ccc1[N+](=O)[O-]. The maximum Gasteiger partial charge on any atom is 0.290 e. The summed E-state index contributed by atoms with van der Waals surface area (Å²) < 4.78 is 1.75. The lowest BCUT2D eigenvalue weighted by atomic mass is 10.3. The molecule has 0 bridgehead atoms. The highest BCUT2D eigenvalue weighted by molar-refractivity contribution is 5.44. The Labute approximate surface area is 109 Å². The number of nitrogens with zero attached hydrogens (tertiary/aromatic N) is 5. The number of anilines is 1. The predicted octanol–water partition coefficient (Wildman–Crippen LogP) is 1.39. The Morgan fingerprint density at radius 3 is 2.95 bits per heavy atom. The van der Waals surface area contributed by atoms with Gasteiger partial charge < -0.3 is 5.32 Å². The van der Waals surface area contributed by atoms with Crippen molar-refractivity contribution < 1.29 is 4.92 Å². The summed E-state index contributed by atoms with van der Waals surface area (Å²) in [6.45, 7) is 3.10. The molecule has 0 aliphatic carbocycles. The Kier molecular flexibility index (Phi) is 4.01. The van der Waals surface area contributed by atoms with Gasteiger partial charge in [0.1, 0.15) is 11.5 Å². The third-order valence-corrected chi connectivity index (χ3v) is 2.60. The van der Waals surface area contributed by atoms with Gasteiger partial charge in [-0.2, -0.15) is 0 Å². The third kappa shape index (κ3) is 3.47. The van der Waals surface area contributed by atoms with E-state index in [2.05, 4.69) is 20.6 Å². The Morgan fingerprint density at radius 1 is 1.47 bits per heavy atom. The molecule has 8 nitrogen and oxygen atoms in total. The lowest BCUT2D eigenvalue weighted by Gasteiger charge is -2.06. The fourth-order valence-electron chi connectivity index (χ4n) is 1.65. The van der Waals surface area contributed by atoms with E-state index in [9.17, 15) is 10.1 Å². The molecule has 0 aliphatic heterocycles. The quantitative estimate of drug-likeness (QED) is 0.480. The second kappa shape index (κ2) is 5.89. The van der Waals surface area contributed by atoms with Crippen molar-refractivity contribution in [2.45, 2.75) is 19.9 Å². The first-order valence-electron chi connectivity index (χ1n) is 5.87. The maximum atomic E-state index is 10.7. The van der Waals surface area contributed by atoms with E-state index in [1.54, 1.807) is 30.1 Å². The predicted molar refractivity (Wildman–Crippen MR) is 68.8 cm³/mol. The molecule has 100 valence electrons. The first kappa shape index (κ1) is 12.9. The fraction of sp³-hybridized carbons (Fsp3) is 0.364. The Morgan fingerprint density at radius 2 is 2.32 bits per heavy atom. The number of hydrogen-bond donors (Lipinski definition) is 1. The van der Waals surface area contributed by atoms with Gasteiger partial charge in [-0.05, 0) is 19.4 Å². The van der Waals surface area contributed by atoms with Gasteiger partial charge in [0.05, 0.1) is 11.1 Å². The molecule has 0 unspecified atom stereocenters. The molecule has 2 aromatic rings. The summed E-state index contributed by atoms with van der Waals surface area (Å²) in [5.41, 5.74) is 0.444. The second-order valence-electron chi connectivity index (χ2n) is 4.00. The molecule has 0 saturated heterocycles. The van der Waals surface area contributed by atoms with E-state index in [0.29, 0.717) is 18.1 Å². The molecule has 2 aromatic heterocycles. The largest absolute Gasteiger partial charge is 0.370 e. The van der Waals surface area contributed by atoms with Crippen LogP contribution in [0, 0.1) is 17.0 Å². The standard InChI is InChI=1S/C11H14N6O2/c1-9-10(17(18)19)3-4-11(14-9)12-5-2-7-16-8-6-13-15-16/h3-4,6,8H,2,5,7H2,1H3,(H,12,14). The minimum absolute atomic E-state index is 0.0353. The number of aryl methyl sites for hydroxylation is 2. The second-order valence-corrected chi connectivity index (χ2v) is 4.00. The average Bonchev–Trinajstić information content (AvgIpc) is 2.87. The molecule has 8 heteroatoms. The van der Waals surface area contributed by atoms with Gasteiger partial charge in [-0.15, -0.1) is 5.10 Å². The molecule has 0 amide bonds. The molecule has 0 aromatic carbocycles. The van der Waals surface area contributed by atoms with Crippen molar-refractivity contribution in [2.24, 2.45) is 0 Å². The smallest absolute Gasteiger partial charge is 0.290 e. The van der Waals surface area contributed by atoms with E-state index in [4.69, 9.17) is 0 Å². The fourth-order valence-corrected chi connectivity index (χ4v) is 1.65. The summed E-state index contributed by atoms with van der Waals surface area (Å²) >= 11 is 0. The monoisotopic (exact) mass is 262 g/mol. The van der Waals surface area contributed by atoms with Crippen molar-refractivity contribution in [2.75, 3.05) is 11.9 Å². The zero-order valence-corrected chi connectivity index (χ0v) is 10.5. The average molecular weight is 262 g/mol. The molecule has 19 heavy (non-hydrogen) atoms. The van der Waals surface area contributed by atoms with Crippen LogP contribution in [0.5, 0.6) is 0 Å². The highest BCUT2D eigenvalue weighted by Gasteiger charge is 2.11. The van der Waals surface area contributed by atoms with E-state index in [1.807, 2.05) is 0 Å². The molecule has 0 atom stereocenters. The van der Waals surface area contributed by atoms with Crippen LogP contribution < -0.4 is 5.32 Å². The first-order valence-corrected chi connectivity index (χ1v) is 5.87. The highest BCUT2D eigenvalue weighted by Crippen LogP contribution is 2.17. The minimum Gasteiger partial charge on any atom is -0.370 e. The van der Waals surface area contributed by atoms with Gasteiger partial charge in [0.15, 0.2) is 0 Å². The van der Waals surface area contributed by atoms with Gasteiger partial charge in [0, 0.05) is 25.4 Å². The summed E-state index contributed by atoms with van der Waals surface area (Å²) in [6, 6.07) is 3.07. The van der Waals surface area contributed by atoms with Gasteiger partial charge in [-0.25, -0.2) is 4.98 Å². The molecule has 0 saturated carbocycles. The number of hydrogen-bond acceptors (Lipinski definition) is 6. The molecule has 0 fully saturated rings. The van der Waals surface area contributed by atoms with Crippen LogP contribution in [-0.2, 0) is 6.54 Å². The van der Waals surface area contributed by atoms with Crippen molar-refractivity contribution in [1.82, 2.24) is 20.0 Å². The maximum absolute atomic E-state index is 10.7. The van der Waals surface area contributed by atoms with Gasteiger partial charge in [0.2, 0.25) is 0 Å². The summed E-state index contributed by atoms with van der Waals surface area (Å²) in [7, 11) is 0. The summed E-state index contributed by atoms with van der Waals surface area (Å²) in [5, 5.41) is 21.3. The summed E-state index contributed by atoms with van der Waals surface area (Å²) in [4.78, 5) is 14.4. The zero-order chi connectivity index (χ0) is 13.7. The Balaban J connectivity index is 1.83. The Bertz CT molecular complexity index is 554. The summed E-state index contributed by atoms with van der Waals surface area (Å²) in [5.74, 6) is 0.640. The molecular weight excluding hydrogens is 248 g/mol. The molecule has 0 radical (unpaired) electrons. The van der Waals surface area contributed by atoms with Crippen LogP contribution in [0.1, 0.15) is 12.1 Å². The van der Waals surface area contributed by atoms with E-state index in [1.165, 1.54) is 6.07 Å². The number of rotatable bonds is 6. The molecule has 0 spiro atoms. The highest BCUT2D eigenvalue weighted by atomic mass is 16.6. The number of aromatic nitrogens is 4. The van der Waals surface area contributed by atoms with Crippen molar-refractivity contribution in [1.29, 1.82) is 0 Å². The van der Waals surface area contributed by atoms with Crippen molar-refractivity contribution in [3.63, 3.8) is 0 Å². The first-order chi connectivity index (χ1) is 9.16. The van der Waals surface area contributed by atoms with Gasteiger partial charge in [-0.3, -0.25) is 14.8 Å². The minimum atomic E-state index is -0.434. The third-order valence-electron chi connectivity index (χ3n) is 2.60. The molecular formula is C11H14N6O2. The van der Waals surface area contributed by atoms with Crippen LogP contribution in [0.25, 0.3) is 0 Å². The van der Waals surface area contributed by atoms with Crippen LogP contribution in [0.3, 0.4) is 0 Å². The van der Waals surface area contributed by atoms with Crippen molar-refractivity contribution >= 4 is 11.5 Å². The lowest BCUT2D eigenvalue weighted by molar-refractivity contribution is -0.385. The Hall–Kier alpha value is -2.51.